The largest absolute Gasteiger partial charge is 0.493 e. The topological polar surface area (TPSA) is 73.6 Å². The Balaban J connectivity index is 3.45. The van der Waals surface area contributed by atoms with Crippen LogP contribution in [-0.2, 0) is 0 Å². The second kappa shape index (κ2) is 7.09. The van der Waals surface area contributed by atoms with Gasteiger partial charge in [-0.1, -0.05) is 6.92 Å². The molecule has 6 heteroatoms. The van der Waals surface area contributed by atoms with E-state index in [2.05, 4.69) is 5.32 Å². The van der Waals surface area contributed by atoms with Gasteiger partial charge in [0.2, 0.25) is 0 Å². The summed E-state index contributed by atoms with van der Waals surface area (Å²) < 4.78 is 10.4. The first kappa shape index (κ1) is 16.2. The van der Waals surface area contributed by atoms with Crippen LogP contribution in [0, 0.1) is 10.1 Å². The van der Waals surface area contributed by atoms with Gasteiger partial charge >= 0.3 is 0 Å². The lowest BCUT2D eigenvalue weighted by molar-refractivity contribution is -0.385. The van der Waals surface area contributed by atoms with Crippen LogP contribution in [0.4, 0.5) is 5.69 Å². The lowest BCUT2D eigenvalue weighted by Crippen LogP contribution is -2.29. The number of hydrogen-bond acceptors (Lipinski definition) is 5. The Morgan fingerprint density at radius 1 is 1.30 bits per heavy atom. The second-order valence-electron chi connectivity index (χ2n) is 4.62. The highest BCUT2D eigenvalue weighted by atomic mass is 16.6. The van der Waals surface area contributed by atoms with E-state index in [1.54, 1.807) is 6.07 Å². The third-order valence-corrected chi connectivity index (χ3v) is 3.63. The molecule has 0 bridgehead atoms. The number of hydrogen-bond donors (Lipinski definition) is 1. The minimum atomic E-state index is -0.373. The molecule has 0 aliphatic heterocycles. The van der Waals surface area contributed by atoms with Crippen molar-refractivity contribution in [3.8, 4) is 11.5 Å². The molecule has 1 rings (SSSR count). The summed E-state index contributed by atoms with van der Waals surface area (Å²) in [5, 5.41) is 14.5. The third-order valence-electron chi connectivity index (χ3n) is 3.63. The highest BCUT2D eigenvalue weighted by molar-refractivity contribution is 5.55. The standard InChI is InChI=1S/C14H22N2O4/c1-6-10(9(2)15-3)11-7-13(19-4)14(20-5)8-12(11)16(17)18/h7-10,15H,6H2,1-5H3. The van der Waals surface area contributed by atoms with Crippen LogP contribution in [0.5, 0.6) is 11.5 Å². The normalized spacial score (nSPS) is 13.7. The Bertz CT molecular complexity index is 476. The number of nitro benzene ring substituents is 1. The lowest BCUT2D eigenvalue weighted by Gasteiger charge is -2.23. The smallest absolute Gasteiger partial charge is 0.276 e. The van der Waals surface area contributed by atoms with E-state index in [0.29, 0.717) is 17.1 Å². The van der Waals surface area contributed by atoms with Gasteiger partial charge in [-0.3, -0.25) is 10.1 Å². The van der Waals surface area contributed by atoms with Gasteiger partial charge in [0, 0.05) is 17.5 Å². The van der Waals surface area contributed by atoms with Gasteiger partial charge in [-0.25, -0.2) is 0 Å². The number of methoxy groups -OCH3 is 2. The predicted octanol–water partition coefficient (Wildman–Crippen LogP) is 2.71. The molecule has 0 aliphatic carbocycles. The maximum atomic E-state index is 11.3. The molecular weight excluding hydrogens is 260 g/mol. The molecule has 1 N–H and O–H groups in total. The van der Waals surface area contributed by atoms with E-state index >= 15 is 0 Å². The van der Waals surface area contributed by atoms with Crippen LogP contribution in [0.3, 0.4) is 0 Å². The first-order chi connectivity index (χ1) is 9.49. The van der Waals surface area contributed by atoms with E-state index in [1.807, 2.05) is 20.9 Å². The molecule has 1 aromatic rings. The maximum absolute atomic E-state index is 11.3. The van der Waals surface area contributed by atoms with Crippen LogP contribution >= 0.6 is 0 Å². The zero-order valence-electron chi connectivity index (χ0n) is 12.6. The molecule has 20 heavy (non-hydrogen) atoms. The zero-order valence-corrected chi connectivity index (χ0v) is 12.6. The van der Waals surface area contributed by atoms with Gasteiger partial charge in [0.1, 0.15) is 0 Å². The fourth-order valence-corrected chi connectivity index (χ4v) is 2.38. The SMILES string of the molecule is CCC(c1cc(OC)c(OC)cc1[N+](=O)[O-])C(C)NC. The molecule has 2 unspecified atom stereocenters. The van der Waals surface area contributed by atoms with Gasteiger partial charge in [0.15, 0.2) is 11.5 Å². The van der Waals surface area contributed by atoms with Crippen molar-refractivity contribution in [3.63, 3.8) is 0 Å². The first-order valence-electron chi connectivity index (χ1n) is 6.57. The van der Waals surface area contributed by atoms with Gasteiger partial charge in [-0.05, 0) is 26.5 Å². The van der Waals surface area contributed by atoms with E-state index in [9.17, 15) is 10.1 Å². The lowest BCUT2D eigenvalue weighted by atomic mass is 9.88. The third kappa shape index (κ3) is 3.19. The van der Waals surface area contributed by atoms with Crippen LogP contribution in [0.25, 0.3) is 0 Å². The van der Waals surface area contributed by atoms with Gasteiger partial charge in [0.05, 0.1) is 25.2 Å². The molecule has 0 saturated heterocycles. The molecule has 0 amide bonds. The Morgan fingerprint density at radius 3 is 2.25 bits per heavy atom. The van der Waals surface area contributed by atoms with Crippen LogP contribution in [0.2, 0.25) is 0 Å². The molecule has 2 atom stereocenters. The first-order valence-corrected chi connectivity index (χ1v) is 6.57. The Morgan fingerprint density at radius 2 is 1.85 bits per heavy atom. The van der Waals surface area contributed by atoms with Gasteiger partial charge in [-0.15, -0.1) is 0 Å². The van der Waals surface area contributed by atoms with Crippen molar-refractivity contribution in [2.45, 2.75) is 32.2 Å². The molecule has 0 saturated carbocycles. The molecule has 112 valence electrons. The summed E-state index contributed by atoms with van der Waals surface area (Å²) in [5.74, 6) is 0.907. The van der Waals surface area contributed by atoms with Crippen molar-refractivity contribution in [1.82, 2.24) is 5.32 Å². The molecule has 0 aliphatic rings. The Labute approximate surface area is 119 Å². The molecule has 6 nitrogen and oxygen atoms in total. The molecule has 0 heterocycles. The van der Waals surface area contributed by atoms with E-state index in [1.165, 1.54) is 20.3 Å². The van der Waals surface area contributed by atoms with Crippen molar-refractivity contribution >= 4 is 5.69 Å². The summed E-state index contributed by atoms with van der Waals surface area (Å²) in [5.41, 5.74) is 0.730. The number of likely N-dealkylation sites (N-methyl/N-ethyl adjacent to an activating group) is 1. The quantitative estimate of drug-likeness (QED) is 0.615. The average molecular weight is 282 g/mol. The summed E-state index contributed by atoms with van der Waals surface area (Å²) >= 11 is 0. The Kier molecular flexibility index (Phi) is 5.76. The van der Waals surface area contributed by atoms with Crippen LogP contribution < -0.4 is 14.8 Å². The van der Waals surface area contributed by atoms with E-state index in [-0.39, 0.29) is 22.6 Å². The minimum absolute atomic E-state index is 0.0280. The van der Waals surface area contributed by atoms with Gasteiger partial charge in [-0.2, -0.15) is 0 Å². The average Bonchev–Trinajstić information content (AvgIpc) is 2.46. The number of benzene rings is 1. The van der Waals surface area contributed by atoms with E-state index in [0.717, 1.165) is 6.42 Å². The van der Waals surface area contributed by atoms with Crippen LogP contribution in [-0.4, -0.2) is 32.2 Å². The maximum Gasteiger partial charge on any atom is 0.276 e. The Hall–Kier alpha value is -1.82. The summed E-state index contributed by atoms with van der Waals surface area (Å²) in [6, 6.07) is 3.26. The summed E-state index contributed by atoms with van der Waals surface area (Å²) in [6.45, 7) is 4.02. The zero-order chi connectivity index (χ0) is 15.3. The number of nitro groups is 1. The van der Waals surface area contributed by atoms with Crippen LogP contribution in [0.1, 0.15) is 31.7 Å². The summed E-state index contributed by atoms with van der Waals surface area (Å²) in [4.78, 5) is 10.9. The number of nitrogens with zero attached hydrogens (tertiary/aromatic N) is 1. The second-order valence-corrected chi connectivity index (χ2v) is 4.62. The van der Waals surface area contributed by atoms with Gasteiger partial charge in [0.25, 0.3) is 5.69 Å². The summed E-state index contributed by atoms with van der Waals surface area (Å²) in [6.07, 6.45) is 0.790. The summed E-state index contributed by atoms with van der Waals surface area (Å²) in [7, 11) is 4.84. The monoisotopic (exact) mass is 282 g/mol. The number of nitrogens with one attached hydrogen (secondary N) is 1. The fourth-order valence-electron chi connectivity index (χ4n) is 2.38. The van der Waals surface area contributed by atoms with Crippen molar-refractivity contribution in [2.24, 2.45) is 0 Å². The highest BCUT2D eigenvalue weighted by Gasteiger charge is 2.27. The van der Waals surface area contributed by atoms with Crippen molar-refractivity contribution in [3.05, 3.63) is 27.8 Å². The van der Waals surface area contributed by atoms with E-state index < -0.39 is 0 Å². The van der Waals surface area contributed by atoms with Crippen molar-refractivity contribution < 1.29 is 14.4 Å². The molecular formula is C14H22N2O4. The fraction of sp³-hybridized carbons (Fsp3) is 0.571. The number of ether oxygens (including phenoxy) is 2. The molecule has 0 aromatic heterocycles. The predicted molar refractivity (Wildman–Crippen MR) is 77.8 cm³/mol. The van der Waals surface area contributed by atoms with Crippen molar-refractivity contribution in [1.29, 1.82) is 0 Å². The highest BCUT2D eigenvalue weighted by Crippen LogP contribution is 2.39. The molecule has 0 spiro atoms. The van der Waals surface area contributed by atoms with Gasteiger partial charge < -0.3 is 14.8 Å². The minimum Gasteiger partial charge on any atom is -0.493 e. The number of rotatable bonds is 7. The molecule has 0 radical (unpaired) electrons. The van der Waals surface area contributed by atoms with Crippen molar-refractivity contribution in [2.75, 3.05) is 21.3 Å². The molecule has 1 aromatic carbocycles. The van der Waals surface area contributed by atoms with E-state index in [4.69, 9.17) is 9.47 Å². The van der Waals surface area contributed by atoms with Crippen LogP contribution in [0.15, 0.2) is 12.1 Å². The molecule has 0 fully saturated rings.